The van der Waals surface area contributed by atoms with Crippen molar-refractivity contribution in [2.24, 2.45) is 5.92 Å². The van der Waals surface area contributed by atoms with Gasteiger partial charge in [0.25, 0.3) is 5.91 Å². The first-order valence-electron chi connectivity index (χ1n) is 7.50. The van der Waals surface area contributed by atoms with E-state index in [1.807, 2.05) is 20.8 Å². The molecule has 1 saturated carbocycles. The predicted molar refractivity (Wildman–Crippen MR) is 83.2 cm³/mol. The van der Waals surface area contributed by atoms with Gasteiger partial charge < -0.3 is 15.8 Å². The number of carbonyl (C=O) groups excluding carboxylic acids is 1. The maximum absolute atomic E-state index is 12.1. The number of nitrogens with zero attached hydrogens (tertiary/aromatic N) is 1. The molecule has 0 unspecified atom stereocenters. The molecule has 0 atom stereocenters. The van der Waals surface area contributed by atoms with Gasteiger partial charge in [0.05, 0.1) is 6.61 Å². The van der Waals surface area contributed by atoms with Gasteiger partial charge in [0.15, 0.2) is 0 Å². The van der Waals surface area contributed by atoms with E-state index in [4.69, 9.17) is 10.5 Å². The molecule has 1 aliphatic carbocycles. The van der Waals surface area contributed by atoms with Crippen molar-refractivity contribution in [3.8, 4) is 0 Å². The number of anilines is 1. The number of amides is 1. The molecule has 1 aliphatic rings. The quantitative estimate of drug-likeness (QED) is 0.787. The van der Waals surface area contributed by atoms with Crippen LogP contribution in [0.25, 0.3) is 0 Å². The van der Waals surface area contributed by atoms with E-state index in [9.17, 15) is 4.79 Å². The van der Waals surface area contributed by atoms with E-state index < -0.39 is 0 Å². The van der Waals surface area contributed by atoms with Crippen LogP contribution in [-0.2, 0) is 10.2 Å². The Morgan fingerprint density at radius 3 is 2.76 bits per heavy atom. The van der Waals surface area contributed by atoms with Crippen molar-refractivity contribution in [3.63, 3.8) is 0 Å². The monoisotopic (exact) mass is 291 g/mol. The van der Waals surface area contributed by atoms with Gasteiger partial charge in [0.1, 0.15) is 5.82 Å². The van der Waals surface area contributed by atoms with Crippen LogP contribution < -0.4 is 11.1 Å². The second-order valence-electron chi connectivity index (χ2n) is 6.69. The number of rotatable bonds is 6. The summed E-state index contributed by atoms with van der Waals surface area (Å²) in [4.78, 5) is 16.4. The number of aromatic nitrogens is 1. The number of nitrogen functional groups attached to an aromatic ring is 1. The molecule has 0 aliphatic heterocycles. The summed E-state index contributed by atoms with van der Waals surface area (Å²) in [5.74, 6) is 0.984. The number of carbonyl (C=O) groups is 1. The molecule has 5 nitrogen and oxygen atoms in total. The summed E-state index contributed by atoms with van der Waals surface area (Å²) in [5.41, 5.74) is 7.02. The second-order valence-corrected chi connectivity index (χ2v) is 6.69. The number of nitrogens with two attached hydrogens (primary N) is 1. The van der Waals surface area contributed by atoms with Crippen LogP contribution in [0.3, 0.4) is 0 Å². The van der Waals surface area contributed by atoms with Gasteiger partial charge in [-0.05, 0) is 30.9 Å². The van der Waals surface area contributed by atoms with Gasteiger partial charge in [-0.3, -0.25) is 4.79 Å². The Hall–Kier alpha value is -1.62. The number of hydrogen-bond acceptors (Lipinski definition) is 4. The summed E-state index contributed by atoms with van der Waals surface area (Å²) in [6, 6.07) is 3.41. The zero-order valence-corrected chi connectivity index (χ0v) is 13.1. The number of pyridine rings is 1. The van der Waals surface area contributed by atoms with Gasteiger partial charge in [-0.1, -0.05) is 20.8 Å². The molecule has 0 saturated heterocycles. The molecule has 3 N–H and O–H groups in total. The van der Waals surface area contributed by atoms with E-state index >= 15 is 0 Å². The Morgan fingerprint density at radius 1 is 1.43 bits per heavy atom. The van der Waals surface area contributed by atoms with Gasteiger partial charge >= 0.3 is 0 Å². The maximum Gasteiger partial charge on any atom is 0.251 e. The Labute approximate surface area is 126 Å². The van der Waals surface area contributed by atoms with Crippen molar-refractivity contribution in [1.29, 1.82) is 0 Å². The highest BCUT2D eigenvalue weighted by atomic mass is 16.5. The standard InChI is InChI=1S/C16H25N3O2/c1-16(2,3)13-8-12(9-14(17)19-13)15(20)18-6-7-21-10-11-4-5-11/h8-9,11H,4-7,10H2,1-3H3,(H2,17,19)(H,18,20). The molecule has 2 rings (SSSR count). The van der Waals surface area contributed by atoms with Crippen molar-refractivity contribution >= 4 is 11.7 Å². The molecule has 1 aromatic heterocycles. The summed E-state index contributed by atoms with van der Waals surface area (Å²) in [5, 5.41) is 2.85. The van der Waals surface area contributed by atoms with Crippen LogP contribution in [0, 0.1) is 5.92 Å². The minimum absolute atomic E-state index is 0.135. The lowest BCUT2D eigenvalue weighted by Gasteiger charge is -2.19. The number of nitrogens with one attached hydrogen (secondary N) is 1. The topological polar surface area (TPSA) is 77.2 Å². The molecule has 0 radical (unpaired) electrons. The molecule has 21 heavy (non-hydrogen) atoms. The molecule has 0 spiro atoms. The van der Waals surface area contributed by atoms with Crippen LogP contribution in [0.1, 0.15) is 49.7 Å². The average molecular weight is 291 g/mol. The maximum atomic E-state index is 12.1. The van der Waals surface area contributed by atoms with Gasteiger partial charge in [0, 0.05) is 29.8 Å². The van der Waals surface area contributed by atoms with Crippen molar-refractivity contribution in [2.45, 2.75) is 39.0 Å². The summed E-state index contributed by atoms with van der Waals surface area (Å²) in [6.45, 7) is 8.01. The molecule has 116 valence electrons. The van der Waals surface area contributed by atoms with Crippen LogP contribution >= 0.6 is 0 Å². The Balaban J connectivity index is 1.87. The molecular weight excluding hydrogens is 266 g/mol. The normalized spacial score (nSPS) is 15.0. The first kappa shape index (κ1) is 15.8. The highest BCUT2D eigenvalue weighted by molar-refractivity contribution is 5.94. The summed E-state index contributed by atoms with van der Waals surface area (Å²) in [6.07, 6.45) is 2.55. The summed E-state index contributed by atoms with van der Waals surface area (Å²) in [7, 11) is 0. The fourth-order valence-corrected chi connectivity index (χ4v) is 1.94. The molecule has 5 heteroatoms. The SMILES string of the molecule is CC(C)(C)c1cc(C(=O)NCCOCC2CC2)cc(N)n1. The lowest BCUT2D eigenvalue weighted by molar-refractivity contribution is 0.0906. The van der Waals surface area contributed by atoms with Crippen LogP contribution in [0.15, 0.2) is 12.1 Å². The van der Waals surface area contributed by atoms with Crippen LogP contribution in [0.4, 0.5) is 5.82 Å². The van der Waals surface area contributed by atoms with Crippen LogP contribution in [0.5, 0.6) is 0 Å². The lowest BCUT2D eigenvalue weighted by Crippen LogP contribution is -2.28. The fourth-order valence-electron chi connectivity index (χ4n) is 1.94. The summed E-state index contributed by atoms with van der Waals surface area (Å²) >= 11 is 0. The van der Waals surface area contributed by atoms with Gasteiger partial charge in [-0.2, -0.15) is 0 Å². The van der Waals surface area contributed by atoms with Crippen molar-refractivity contribution < 1.29 is 9.53 Å². The zero-order chi connectivity index (χ0) is 15.5. The van der Waals surface area contributed by atoms with Gasteiger partial charge in [0.2, 0.25) is 0 Å². The third kappa shape index (κ3) is 5.01. The fraction of sp³-hybridized carbons (Fsp3) is 0.625. The first-order chi connectivity index (χ1) is 9.86. The molecule has 0 bridgehead atoms. The van der Waals surface area contributed by atoms with Gasteiger partial charge in [-0.15, -0.1) is 0 Å². The van der Waals surface area contributed by atoms with E-state index in [0.717, 1.165) is 18.2 Å². The number of hydrogen-bond donors (Lipinski definition) is 2. The van der Waals surface area contributed by atoms with Crippen molar-refractivity contribution in [3.05, 3.63) is 23.4 Å². The van der Waals surface area contributed by atoms with E-state index in [1.165, 1.54) is 12.8 Å². The minimum atomic E-state index is -0.141. The molecule has 1 fully saturated rings. The van der Waals surface area contributed by atoms with Crippen molar-refractivity contribution in [2.75, 3.05) is 25.5 Å². The first-order valence-corrected chi connectivity index (χ1v) is 7.50. The van der Waals surface area contributed by atoms with E-state index in [0.29, 0.717) is 24.5 Å². The third-order valence-corrected chi connectivity index (χ3v) is 3.46. The number of ether oxygens (including phenoxy) is 1. The Morgan fingerprint density at radius 2 is 2.14 bits per heavy atom. The largest absolute Gasteiger partial charge is 0.384 e. The smallest absolute Gasteiger partial charge is 0.251 e. The van der Waals surface area contributed by atoms with E-state index in [1.54, 1.807) is 12.1 Å². The molecular formula is C16H25N3O2. The second kappa shape index (κ2) is 6.43. The van der Waals surface area contributed by atoms with Crippen molar-refractivity contribution in [1.82, 2.24) is 10.3 Å². The zero-order valence-electron chi connectivity index (χ0n) is 13.1. The van der Waals surface area contributed by atoms with Crippen LogP contribution in [0.2, 0.25) is 0 Å². The minimum Gasteiger partial charge on any atom is -0.384 e. The lowest BCUT2D eigenvalue weighted by atomic mass is 9.90. The molecule has 0 aromatic carbocycles. The highest BCUT2D eigenvalue weighted by Crippen LogP contribution is 2.28. The van der Waals surface area contributed by atoms with Gasteiger partial charge in [-0.25, -0.2) is 4.98 Å². The highest BCUT2D eigenvalue weighted by Gasteiger charge is 2.21. The molecule has 1 aromatic rings. The van der Waals surface area contributed by atoms with Crippen LogP contribution in [-0.4, -0.2) is 30.6 Å². The Bertz CT molecular complexity index is 505. The average Bonchev–Trinajstić information content (AvgIpc) is 3.20. The Kier molecular flexibility index (Phi) is 4.83. The molecule has 1 heterocycles. The summed E-state index contributed by atoms with van der Waals surface area (Å²) < 4.78 is 5.49. The van der Waals surface area contributed by atoms with E-state index in [2.05, 4.69) is 10.3 Å². The van der Waals surface area contributed by atoms with E-state index in [-0.39, 0.29) is 11.3 Å². The molecule has 1 amide bonds. The predicted octanol–water partition coefficient (Wildman–Crippen LogP) is 2.12. The third-order valence-electron chi connectivity index (χ3n) is 3.46.